The summed E-state index contributed by atoms with van der Waals surface area (Å²) in [5, 5.41) is 16.1. The van der Waals surface area contributed by atoms with Crippen LogP contribution in [0.2, 0.25) is 0 Å². The molecule has 0 aromatic heterocycles. The van der Waals surface area contributed by atoms with Gasteiger partial charge in [-0.1, -0.05) is 31.0 Å². The Morgan fingerprint density at radius 2 is 2.05 bits per heavy atom. The van der Waals surface area contributed by atoms with Crippen LogP contribution in [0.25, 0.3) is 0 Å². The number of carbonyl (C=O) groups excluding carboxylic acids is 1. The number of carbonyl (C=O) groups is 1. The van der Waals surface area contributed by atoms with E-state index in [4.69, 9.17) is 0 Å². The van der Waals surface area contributed by atoms with Gasteiger partial charge in [-0.15, -0.1) is 0 Å². The highest BCUT2D eigenvalue weighted by Crippen LogP contribution is 2.25. The Labute approximate surface area is 113 Å². The minimum atomic E-state index is -0.388. The van der Waals surface area contributed by atoms with Crippen LogP contribution in [0.3, 0.4) is 0 Å². The number of aliphatic hydroxyl groups excluding tert-OH is 1. The average molecular weight is 260 g/mol. The molecule has 2 aliphatic rings. The van der Waals surface area contributed by atoms with Gasteiger partial charge in [0.05, 0.1) is 12.1 Å². The molecule has 3 N–H and O–H groups in total. The highest BCUT2D eigenvalue weighted by atomic mass is 16.3. The van der Waals surface area contributed by atoms with Gasteiger partial charge >= 0.3 is 0 Å². The summed E-state index contributed by atoms with van der Waals surface area (Å²) in [6.45, 7) is 0. The molecule has 0 bridgehead atoms. The Morgan fingerprint density at radius 1 is 1.26 bits per heavy atom. The summed E-state index contributed by atoms with van der Waals surface area (Å²) in [7, 11) is 0. The van der Waals surface area contributed by atoms with Crippen molar-refractivity contribution >= 4 is 11.6 Å². The number of benzene rings is 1. The molecule has 1 aromatic rings. The summed E-state index contributed by atoms with van der Waals surface area (Å²) in [5.74, 6) is 0.00199. The largest absolute Gasteiger partial charge is 0.391 e. The molecular weight excluding hydrogens is 240 g/mol. The van der Waals surface area contributed by atoms with Crippen molar-refractivity contribution in [2.24, 2.45) is 0 Å². The van der Waals surface area contributed by atoms with Crippen LogP contribution in [-0.4, -0.2) is 29.2 Å². The van der Waals surface area contributed by atoms with Gasteiger partial charge in [0.25, 0.3) is 0 Å². The van der Waals surface area contributed by atoms with Crippen LogP contribution < -0.4 is 10.6 Å². The molecule has 3 atom stereocenters. The Hall–Kier alpha value is -1.55. The van der Waals surface area contributed by atoms with Gasteiger partial charge in [-0.2, -0.15) is 0 Å². The van der Waals surface area contributed by atoms with E-state index in [1.165, 1.54) is 5.56 Å². The topological polar surface area (TPSA) is 61.4 Å². The van der Waals surface area contributed by atoms with E-state index >= 15 is 0 Å². The SMILES string of the molecule is O=C(N[C@@H]1CCCC[C@H]1O)C1Cc2ccccc2N1. The third kappa shape index (κ3) is 2.59. The minimum absolute atomic E-state index is 0.00199. The van der Waals surface area contributed by atoms with Gasteiger partial charge in [0.15, 0.2) is 0 Å². The van der Waals surface area contributed by atoms with Crippen LogP contribution in [0.4, 0.5) is 5.69 Å². The molecule has 102 valence electrons. The average Bonchev–Trinajstić information content (AvgIpc) is 2.85. The molecule has 3 rings (SSSR count). The van der Waals surface area contributed by atoms with E-state index in [9.17, 15) is 9.90 Å². The van der Waals surface area contributed by atoms with Crippen molar-refractivity contribution in [3.8, 4) is 0 Å². The van der Waals surface area contributed by atoms with Gasteiger partial charge in [-0.3, -0.25) is 4.79 Å². The first kappa shape index (κ1) is 12.5. The standard InChI is InChI=1S/C15H20N2O2/c18-14-8-4-3-7-12(14)17-15(19)13-9-10-5-1-2-6-11(10)16-13/h1-2,5-6,12-14,16,18H,3-4,7-9H2,(H,17,19)/t12-,13?,14-/m1/s1. The molecule has 1 aromatic carbocycles. The second-order valence-corrected chi connectivity index (χ2v) is 5.53. The summed E-state index contributed by atoms with van der Waals surface area (Å²) in [5.41, 5.74) is 2.23. The fourth-order valence-corrected chi connectivity index (χ4v) is 3.02. The lowest BCUT2D eigenvalue weighted by Crippen LogP contribution is -2.49. The van der Waals surface area contributed by atoms with Crippen LogP contribution in [0.5, 0.6) is 0 Å². The second-order valence-electron chi connectivity index (χ2n) is 5.53. The third-order valence-electron chi connectivity index (χ3n) is 4.14. The predicted octanol–water partition coefficient (Wildman–Crippen LogP) is 1.44. The summed E-state index contributed by atoms with van der Waals surface area (Å²) >= 11 is 0. The van der Waals surface area contributed by atoms with Gasteiger partial charge < -0.3 is 15.7 Å². The first-order chi connectivity index (χ1) is 9.24. The van der Waals surface area contributed by atoms with Crippen molar-refractivity contribution in [3.63, 3.8) is 0 Å². The third-order valence-corrected chi connectivity index (χ3v) is 4.14. The number of nitrogens with one attached hydrogen (secondary N) is 2. The zero-order chi connectivity index (χ0) is 13.2. The van der Waals surface area contributed by atoms with Crippen molar-refractivity contribution in [1.82, 2.24) is 5.32 Å². The molecule has 0 spiro atoms. The van der Waals surface area contributed by atoms with E-state index in [1.54, 1.807) is 0 Å². The van der Waals surface area contributed by atoms with Gasteiger partial charge in [0.1, 0.15) is 6.04 Å². The molecule has 1 amide bonds. The Kier molecular flexibility index (Phi) is 3.42. The Bertz CT molecular complexity index is 450. The van der Waals surface area contributed by atoms with Gasteiger partial charge in [0.2, 0.25) is 5.91 Å². The highest BCUT2D eigenvalue weighted by Gasteiger charge is 2.30. The van der Waals surface area contributed by atoms with E-state index in [-0.39, 0.29) is 24.1 Å². The molecule has 4 heteroatoms. The van der Waals surface area contributed by atoms with Crippen LogP contribution in [0, 0.1) is 0 Å². The lowest BCUT2D eigenvalue weighted by atomic mass is 9.92. The van der Waals surface area contributed by atoms with Crippen LogP contribution in [-0.2, 0) is 11.2 Å². The maximum atomic E-state index is 12.2. The number of anilines is 1. The number of hydrogen-bond donors (Lipinski definition) is 3. The number of amides is 1. The molecule has 1 unspecified atom stereocenters. The van der Waals surface area contributed by atoms with E-state index in [2.05, 4.69) is 10.6 Å². The minimum Gasteiger partial charge on any atom is -0.391 e. The molecule has 0 radical (unpaired) electrons. The van der Waals surface area contributed by atoms with Crippen LogP contribution >= 0.6 is 0 Å². The molecule has 1 aliphatic carbocycles. The van der Waals surface area contributed by atoms with Crippen LogP contribution in [0.1, 0.15) is 31.2 Å². The highest BCUT2D eigenvalue weighted by molar-refractivity contribution is 5.87. The number of aliphatic hydroxyl groups is 1. The monoisotopic (exact) mass is 260 g/mol. The number of rotatable bonds is 2. The Balaban J connectivity index is 1.60. The number of hydrogen-bond acceptors (Lipinski definition) is 3. The van der Waals surface area contributed by atoms with Crippen LogP contribution in [0.15, 0.2) is 24.3 Å². The molecule has 1 fully saturated rings. The van der Waals surface area contributed by atoms with Crippen molar-refractivity contribution in [2.45, 2.75) is 50.3 Å². The predicted molar refractivity (Wildman–Crippen MR) is 74.0 cm³/mol. The molecule has 1 aliphatic heterocycles. The molecule has 19 heavy (non-hydrogen) atoms. The lowest BCUT2D eigenvalue weighted by Gasteiger charge is -2.29. The van der Waals surface area contributed by atoms with Gasteiger partial charge in [-0.25, -0.2) is 0 Å². The number of para-hydroxylation sites is 1. The van der Waals surface area contributed by atoms with Gasteiger partial charge in [-0.05, 0) is 24.5 Å². The molecular formula is C15H20N2O2. The smallest absolute Gasteiger partial charge is 0.243 e. The zero-order valence-corrected chi connectivity index (χ0v) is 10.9. The lowest BCUT2D eigenvalue weighted by molar-refractivity contribution is -0.123. The molecule has 4 nitrogen and oxygen atoms in total. The summed E-state index contributed by atoms with van der Waals surface area (Å²) < 4.78 is 0. The fourth-order valence-electron chi connectivity index (χ4n) is 3.02. The van der Waals surface area contributed by atoms with Crippen molar-refractivity contribution in [3.05, 3.63) is 29.8 Å². The van der Waals surface area contributed by atoms with E-state index in [0.29, 0.717) is 0 Å². The molecule has 1 heterocycles. The maximum absolute atomic E-state index is 12.2. The van der Waals surface area contributed by atoms with E-state index in [0.717, 1.165) is 37.8 Å². The van der Waals surface area contributed by atoms with E-state index in [1.807, 2.05) is 24.3 Å². The second kappa shape index (κ2) is 5.21. The summed E-state index contributed by atoms with van der Waals surface area (Å²) in [4.78, 5) is 12.2. The van der Waals surface area contributed by atoms with Crippen molar-refractivity contribution in [2.75, 3.05) is 5.32 Å². The van der Waals surface area contributed by atoms with Crippen molar-refractivity contribution in [1.29, 1.82) is 0 Å². The Morgan fingerprint density at radius 3 is 2.84 bits per heavy atom. The zero-order valence-electron chi connectivity index (χ0n) is 10.9. The summed E-state index contributed by atoms with van der Waals surface area (Å²) in [6, 6.07) is 7.73. The maximum Gasteiger partial charge on any atom is 0.243 e. The fraction of sp³-hybridized carbons (Fsp3) is 0.533. The first-order valence-corrected chi connectivity index (χ1v) is 7.07. The normalized spacial score (nSPS) is 29.4. The number of fused-ring (bicyclic) bond motifs is 1. The first-order valence-electron chi connectivity index (χ1n) is 7.07. The molecule has 1 saturated carbocycles. The van der Waals surface area contributed by atoms with E-state index < -0.39 is 0 Å². The van der Waals surface area contributed by atoms with Gasteiger partial charge in [0, 0.05) is 12.1 Å². The quantitative estimate of drug-likeness (QED) is 0.754. The summed E-state index contributed by atoms with van der Waals surface area (Å²) in [6.07, 6.45) is 4.16. The van der Waals surface area contributed by atoms with Crippen molar-refractivity contribution < 1.29 is 9.90 Å². The molecule has 0 saturated heterocycles.